The van der Waals surface area contributed by atoms with Crippen LogP contribution in [0.5, 0.6) is 23.0 Å². The van der Waals surface area contributed by atoms with E-state index in [0.717, 1.165) is 5.56 Å². The molecule has 11 nitrogen and oxygen atoms in total. The van der Waals surface area contributed by atoms with Gasteiger partial charge in [0.15, 0.2) is 11.5 Å². The summed E-state index contributed by atoms with van der Waals surface area (Å²) < 4.78 is 52.1. The topological polar surface area (TPSA) is 127 Å². The molecule has 0 saturated carbocycles. The predicted octanol–water partition coefficient (Wildman–Crippen LogP) is 1.67. The van der Waals surface area contributed by atoms with Gasteiger partial charge >= 0.3 is 0 Å². The second-order valence-electron chi connectivity index (χ2n) is 6.40. The lowest BCUT2D eigenvalue weighted by Gasteiger charge is -2.17. The van der Waals surface area contributed by atoms with E-state index in [9.17, 15) is 8.42 Å². The molecule has 1 aromatic heterocycles. The van der Waals surface area contributed by atoms with E-state index in [1.807, 2.05) is 0 Å². The lowest BCUT2D eigenvalue weighted by molar-refractivity contribution is 0.174. The molecular weight excluding hydrogens is 426 g/mol. The third-order valence-corrected chi connectivity index (χ3v) is 5.84. The van der Waals surface area contributed by atoms with Crippen LogP contribution in [0.25, 0.3) is 5.69 Å². The van der Waals surface area contributed by atoms with E-state index in [4.69, 9.17) is 18.9 Å². The van der Waals surface area contributed by atoms with Crippen LogP contribution < -0.4 is 23.7 Å². The fourth-order valence-electron chi connectivity index (χ4n) is 3.04. The molecule has 1 N–H and O–H groups in total. The minimum Gasteiger partial charge on any atom is -0.492 e. The number of benzene rings is 2. The molecule has 0 aliphatic carbocycles. The van der Waals surface area contributed by atoms with Crippen molar-refractivity contribution in [2.45, 2.75) is 25.3 Å². The second kappa shape index (κ2) is 8.78. The highest BCUT2D eigenvalue weighted by molar-refractivity contribution is 7.89. The second-order valence-corrected chi connectivity index (χ2v) is 8.13. The van der Waals surface area contributed by atoms with E-state index in [0.29, 0.717) is 29.5 Å². The molecule has 12 heteroatoms. The van der Waals surface area contributed by atoms with Gasteiger partial charge < -0.3 is 18.9 Å². The molecule has 2 heterocycles. The summed E-state index contributed by atoms with van der Waals surface area (Å²) in [5.74, 6) is 1.68. The lowest BCUT2D eigenvalue weighted by Crippen LogP contribution is -2.24. The number of hydrogen-bond acceptors (Lipinski definition) is 9. The highest BCUT2D eigenvalue weighted by Gasteiger charge is 2.24. The molecule has 0 bridgehead atoms. The number of fused-ring (bicyclic) bond motifs is 1. The standard InChI is InChI=1S/C19H21N5O6S/c1-3-27-16-9-19(18(28-4-2)8-14(16)24-11-20-22-23-24)31(25,26)21-10-13-5-6-15-17(7-13)30-12-29-15/h5-9,11,21H,3-4,10,12H2,1-2H3. The molecule has 0 amide bonds. The summed E-state index contributed by atoms with van der Waals surface area (Å²) in [6.45, 7) is 4.37. The van der Waals surface area contributed by atoms with E-state index in [1.54, 1.807) is 38.1 Å². The Morgan fingerprint density at radius 1 is 1.06 bits per heavy atom. The van der Waals surface area contributed by atoms with Gasteiger partial charge in [-0.25, -0.2) is 13.1 Å². The zero-order valence-corrected chi connectivity index (χ0v) is 17.8. The van der Waals surface area contributed by atoms with Crippen molar-refractivity contribution >= 4 is 10.0 Å². The van der Waals surface area contributed by atoms with Crippen LogP contribution in [0.4, 0.5) is 0 Å². The minimum atomic E-state index is -3.94. The van der Waals surface area contributed by atoms with Crippen molar-refractivity contribution in [1.29, 1.82) is 0 Å². The number of nitrogens with zero attached hydrogens (tertiary/aromatic N) is 4. The molecule has 164 valence electrons. The Labute approximate surface area is 178 Å². The van der Waals surface area contributed by atoms with Gasteiger partial charge in [0.1, 0.15) is 28.4 Å². The Hall–Kier alpha value is -3.38. The first kappa shape index (κ1) is 20.9. The zero-order valence-electron chi connectivity index (χ0n) is 16.9. The van der Waals surface area contributed by atoms with Crippen molar-refractivity contribution < 1.29 is 27.4 Å². The Morgan fingerprint density at radius 2 is 1.84 bits per heavy atom. The third kappa shape index (κ3) is 4.39. The number of nitrogens with one attached hydrogen (secondary N) is 1. The fourth-order valence-corrected chi connectivity index (χ4v) is 4.19. The number of aromatic nitrogens is 4. The predicted molar refractivity (Wildman–Crippen MR) is 108 cm³/mol. The van der Waals surface area contributed by atoms with Crippen LogP contribution in [0.3, 0.4) is 0 Å². The number of hydrogen-bond donors (Lipinski definition) is 1. The first-order valence-electron chi connectivity index (χ1n) is 9.57. The van der Waals surface area contributed by atoms with Crippen LogP contribution in [0.1, 0.15) is 19.4 Å². The summed E-state index contributed by atoms with van der Waals surface area (Å²) in [4.78, 5) is -0.0460. The Morgan fingerprint density at radius 3 is 2.58 bits per heavy atom. The van der Waals surface area contributed by atoms with Crippen LogP contribution >= 0.6 is 0 Å². The third-order valence-electron chi connectivity index (χ3n) is 4.41. The van der Waals surface area contributed by atoms with E-state index in [2.05, 4.69) is 20.2 Å². The molecule has 0 radical (unpaired) electrons. The first-order valence-corrected chi connectivity index (χ1v) is 11.1. The normalized spacial score (nSPS) is 12.7. The summed E-state index contributed by atoms with van der Waals surface area (Å²) in [5, 5.41) is 11.1. The smallest absolute Gasteiger partial charge is 0.244 e. The SMILES string of the molecule is CCOc1cc(S(=O)(=O)NCc2ccc3c(c2)OCO3)c(OCC)cc1-n1cnnn1. The van der Waals surface area contributed by atoms with Crippen molar-refractivity contribution in [3.63, 3.8) is 0 Å². The Bertz CT molecular complexity index is 1170. The maximum absolute atomic E-state index is 13.1. The average molecular weight is 447 g/mol. The molecule has 1 aliphatic rings. The molecule has 0 saturated heterocycles. The summed E-state index contributed by atoms with van der Waals surface area (Å²) in [6, 6.07) is 8.20. The molecule has 0 fully saturated rings. The van der Waals surface area contributed by atoms with Crippen LogP contribution in [0.15, 0.2) is 41.6 Å². The summed E-state index contributed by atoms with van der Waals surface area (Å²) in [5.41, 5.74) is 1.19. The minimum absolute atomic E-state index is 0.0460. The van der Waals surface area contributed by atoms with Gasteiger partial charge in [0, 0.05) is 18.7 Å². The number of sulfonamides is 1. The van der Waals surface area contributed by atoms with E-state index < -0.39 is 10.0 Å². The van der Waals surface area contributed by atoms with Gasteiger partial charge in [0.2, 0.25) is 16.8 Å². The van der Waals surface area contributed by atoms with Gasteiger partial charge in [-0.15, -0.1) is 5.10 Å². The van der Waals surface area contributed by atoms with Crippen molar-refractivity contribution in [2.75, 3.05) is 20.0 Å². The van der Waals surface area contributed by atoms with Crippen LogP contribution in [-0.4, -0.2) is 48.6 Å². The largest absolute Gasteiger partial charge is 0.492 e. The monoisotopic (exact) mass is 447 g/mol. The van der Waals surface area contributed by atoms with Gasteiger partial charge in [-0.2, -0.15) is 4.68 Å². The molecule has 4 rings (SSSR count). The average Bonchev–Trinajstić information content (AvgIpc) is 3.45. The molecule has 0 unspecified atom stereocenters. The molecule has 3 aromatic rings. The number of rotatable bonds is 9. The van der Waals surface area contributed by atoms with Crippen LogP contribution in [0, 0.1) is 0 Å². The first-order chi connectivity index (χ1) is 15.0. The van der Waals surface area contributed by atoms with Crippen molar-refractivity contribution in [3.8, 4) is 28.7 Å². The number of tetrazole rings is 1. The molecular formula is C19H21N5O6S. The summed E-state index contributed by atoms with van der Waals surface area (Å²) in [6.07, 6.45) is 1.39. The van der Waals surface area contributed by atoms with Gasteiger partial charge in [-0.3, -0.25) is 0 Å². The molecule has 2 aromatic carbocycles. The summed E-state index contributed by atoms with van der Waals surface area (Å²) in [7, 11) is -3.94. The van der Waals surface area contributed by atoms with E-state index in [-0.39, 0.29) is 30.6 Å². The molecule has 31 heavy (non-hydrogen) atoms. The zero-order chi connectivity index (χ0) is 21.8. The number of ether oxygens (including phenoxy) is 4. The van der Waals surface area contributed by atoms with Gasteiger partial charge in [0.25, 0.3) is 0 Å². The quantitative estimate of drug-likeness (QED) is 0.521. The fraction of sp³-hybridized carbons (Fsp3) is 0.316. The highest BCUT2D eigenvalue weighted by Crippen LogP contribution is 2.35. The van der Waals surface area contributed by atoms with Crippen LogP contribution in [-0.2, 0) is 16.6 Å². The Kier molecular flexibility index (Phi) is 5.91. The van der Waals surface area contributed by atoms with Crippen molar-refractivity contribution in [2.24, 2.45) is 0 Å². The van der Waals surface area contributed by atoms with Gasteiger partial charge in [-0.1, -0.05) is 6.07 Å². The van der Waals surface area contributed by atoms with Gasteiger partial charge in [-0.05, 0) is 42.0 Å². The van der Waals surface area contributed by atoms with E-state index >= 15 is 0 Å². The van der Waals surface area contributed by atoms with Gasteiger partial charge in [0.05, 0.1) is 13.2 Å². The molecule has 0 spiro atoms. The van der Waals surface area contributed by atoms with Crippen LogP contribution in [0.2, 0.25) is 0 Å². The maximum atomic E-state index is 13.1. The Balaban J connectivity index is 1.66. The van der Waals surface area contributed by atoms with E-state index in [1.165, 1.54) is 17.1 Å². The lowest BCUT2D eigenvalue weighted by atomic mass is 10.2. The molecule has 0 atom stereocenters. The molecule has 1 aliphatic heterocycles. The highest BCUT2D eigenvalue weighted by atomic mass is 32.2. The van der Waals surface area contributed by atoms with Crippen molar-refractivity contribution in [1.82, 2.24) is 24.9 Å². The summed E-state index contributed by atoms with van der Waals surface area (Å²) >= 11 is 0. The van der Waals surface area contributed by atoms with Crippen molar-refractivity contribution in [3.05, 3.63) is 42.2 Å². The maximum Gasteiger partial charge on any atom is 0.244 e.